The van der Waals surface area contributed by atoms with E-state index in [4.69, 9.17) is 5.73 Å². The van der Waals surface area contributed by atoms with Crippen molar-refractivity contribution in [3.05, 3.63) is 40.4 Å². The number of hydrogen-bond acceptors (Lipinski definition) is 4. The Kier molecular flexibility index (Phi) is 3.26. The predicted molar refractivity (Wildman–Crippen MR) is 65.6 cm³/mol. The van der Waals surface area contributed by atoms with Crippen molar-refractivity contribution in [3.63, 3.8) is 0 Å². The quantitative estimate of drug-likeness (QED) is 0.914. The second kappa shape index (κ2) is 4.67. The van der Waals surface area contributed by atoms with E-state index in [2.05, 4.69) is 30.9 Å². The summed E-state index contributed by atoms with van der Waals surface area (Å²) in [5.41, 5.74) is 6.49. The summed E-state index contributed by atoms with van der Waals surface area (Å²) < 4.78 is 1.03. The van der Waals surface area contributed by atoms with Crippen LogP contribution in [0.1, 0.15) is 11.6 Å². The second-order valence-electron chi connectivity index (χ2n) is 3.33. The third-order valence-corrected chi connectivity index (χ3v) is 2.61. The van der Waals surface area contributed by atoms with Crippen LogP contribution >= 0.6 is 15.9 Å². The minimum absolute atomic E-state index is 0.326. The standard InChI is InChI=1S/C11H11BrN4/c1-7-14-10(6-13)16-11(15-7)8-2-4-9(12)5-3-8/h2-5H,6,13H2,1H3. The SMILES string of the molecule is Cc1nc(CN)nc(-c2ccc(Br)cc2)n1. The number of aryl methyl sites for hydroxylation is 1. The van der Waals surface area contributed by atoms with Gasteiger partial charge in [-0.15, -0.1) is 0 Å². The van der Waals surface area contributed by atoms with Gasteiger partial charge < -0.3 is 5.73 Å². The van der Waals surface area contributed by atoms with Crippen molar-refractivity contribution >= 4 is 15.9 Å². The maximum Gasteiger partial charge on any atom is 0.163 e. The van der Waals surface area contributed by atoms with Gasteiger partial charge in [0.05, 0.1) is 6.54 Å². The van der Waals surface area contributed by atoms with Crippen LogP contribution in [-0.4, -0.2) is 15.0 Å². The molecule has 0 aliphatic heterocycles. The van der Waals surface area contributed by atoms with Crippen LogP contribution in [0.5, 0.6) is 0 Å². The average molecular weight is 279 g/mol. The summed E-state index contributed by atoms with van der Waals surface area (Å²) in [4.78, 5) is 12.7. The van der Waals surface area contributed by atoms with Crippen molar-refractivity contribution in [3.8, 4) is 11.4 Å². The molecule has 4 nitrogen and oxygen atoms in total. The minimum Gasteiger partial charge on any atom is -0.324 e. The molecule has 2 rings (SSSR count). The average Bonchev–Trinajstić information content (AvgIpc) is 2.29. The molecule has 2 N–H and O–H groups in total. The number of nitrogens with two attached hydrogens (primary N) is 1. The Morgan fingerprint density at radius 2 is 1.81 bits per heavy atom. The van der Waals surface area contributed by atoms with E-state index in [0.29, 0.717) is 24.0 Å². The van der Waals surface area contributed by atoms with Gasteiger partial charge in [-0.25, -0.2) is 15.0 Å². The smallest absolute Gasteiger partial charge is 0.163 e. The lowest BCUT2D eigenvalue weighted by Crippen LogP contribution is -2.07. The van der Waals surface area contributed by atoms with E-state index in [-0.39, 0.29) is 0 Å². The van der Waals surface area contributed by atoms with Crippen molar-refractivity contribution in [2.24, 2.45) is 5.73 Å². The van der Waals surface area contributed by atoms with Gasteiger partial charge in [0, 0.05) is 10.0 Å². The van der Waals surface area contributed by atoms with Gasteiger partial charge in [0.25, 0.3) is 0 Å². The van der Waals surface area contributed by atoms with E-state index in [1.54, 1.807) is 0 Å². The molecule has 0 saturated heterocycles. The van der Waals surface area contributed by atoms with E-state index >= 15 is 0 Å². The Balaban J connectivity index is 2.47. The molecular formula is C11H11BrN4. The molecular weight excluding hydrogens is 268 g/mol. The maximum absolute atomic E-state index is 5.53. The van der Waals surface area contributed by atoms with Crippen LogP contribution in [0.25, 0.3) is 11.4 Å². The number of rotatable bonds is 2. The molecule has 0 aliphatic carbocycles. The monoisotopic (exact) mass is 278 g/mol. The number of nitrogens with zero attached hydrogens (tertiary/aromatic N) is 3. The van der Waals surface area contributed by atoms with Crippen molar-refractivity contribution < 1.29 is 0 Å². The highest BCUT2D eigenvalue weighted by Gasteiger charge is 2.04. The van der Waals surface area contributed by atoms with Gasteiger partial charge in [0.1, 0.15) is 11.6 Å². The number of benzene rings is 1. The summed E-state index contributed by atoms with van der Waals surface area (Å²) in [7, 11) is 0. The molecule has 0 amide bonds. The molecule has 0 spiro atoms. The molecule has 0 bridgehead atoms. The maximum atomic E-state index is 5.53. The van der Waals surface area contributed by atoms with Crippen molar-refractivity contribution in [1.82, 2.24) is 15.0 Å². The Hall–Kier alpha value is -1.33. The molecule has 1 aromatic heterocycles. The molecule has 82 valence electrons. The largest absolute Gasteiger partial charge is 0.324 e. The first-order valence-corrected chi connectivity index (χ1v) is 5.66. The molecule has 0 radical (unpaired) electrons. The lowest BCUT2D eigenvalue weighted by atomic mass is 10.2. The predicted octanol–water partition coefficient (Wildman–Crippen LogP) is 2.07. The molecule has 0 saturated carbocycles. The molecule has 16 heavy (non-hydrogen) atoms. The Morgan fingerprint density at radius 1 is 1.12 bits per heavy atom. The first-order chi connectivity index (χ1) is 7.69. The zero-order valence-electron chi connectivity index (χ0n) is 8.81. The number of halogens is 1. The summed E-state index contributed by atoms with van der Waals surface area (Å²) in [6, 6.07) is 7.82. The zero-order valence-corrected chi connectivity index (χ0v) is 10.4. The van der Waals surface area contributed by atoms with E-state index in [1.807, 2.05) is 31.2 Å². The molecule has 5 heteroatoms. The highest BCUT2D eigenvalue weighted by Crippen LogP contribution is 2.18. The van der Waals surface area contributed by atoms with Crippen LogP contribution in [0.2, 0.25) is 0 Å². The van der Waals surface area contributed by atoms with Gasteiger partial charge in [-0.3, -0.25) is 0 Å². The lowest BCUT2D eigenvalue weighted by molar-refractivity contribution is 0.851. The zero-order chi connectivity index (χ0) is 11.5. The molecule has 0 unspecified atom stereocenters. The Labute approximate surface area is 102 Å². The van der Waals surface area contributed by atoms with Crippen LogP contribution in [0.3, 0.4) is 0 Å². The highest BCUT2D eigenvalue weighted by atomic mass is 79.9. The third kappa shape index (κ3) is 2.43. The third-order valence-electron chi connectivity index (χ3n) is 2.08. The van der Waals surface area contributed by atoms with Gasteiger partial charge in [-0.2, -0.15) is 0 Å². The summed E-state index contributed by atoms with van der Waals surface area (Å²) in [6.07, 6.45) is 0. The summed E-state index contributed by atoms with van der Waals surface area (Å²) in [5, 5.41) is 0. The van der Waals surface area contributed by atoms with E-state index < -0.39 is 0 Å². The van der Waals surface area contributed by atoms with Crippen LogP contribution < -0.4 is 5.73 Å². The van der Waals surface area contributed by atoms with Crippen molar-refractivity contribution in [2.75, 3.05) is 0 Å². The topological polar surface area (TPSA) is 64.7 Å². The fourth-order valence-electron chi connectivity index (χ4n) is 1.36. The normalized spacial score (nSPS) is 10.4. The van der Waals surface area contributed by atoms with Crippen LogP contribution in [-0.2, 0) is 6.54 Å². The Morgan fingerprint density at radius 3 is 2.44 bits per heavy atom. The highest BCUT2D eigenvalue weighted by molar-refractivity contribution is 9.10. The molecule has 1 aromatic carbocycles. The first kappa shape index (κ1) is 11.2. The van der Waals surface area contributed by atoms with E-state index in [9.17, 15) is 0 Å². The van der Waals surface area contributed by atoms with Gasteiger partial charge in [-0.05, 0) is 19.1 Å². The Bertz CT molecular complexity index is 496. The van der Waals surface area contributed by atoms with Crippen molar-refractivity contribution in [1.29, 1.82) is 0 Å². The van der Waals surface area contributed by atoms with Gasteiger partial charge in [-0.1, -0.05) is 28.1 Å². The second-order valence-corrected chi connectivity index (χ2v) is 4.25. The number of hydrogen-bond donors (Lipinski definition) is 1. The van der Waals surface area contributed by atoms with Gasteiger partial charge >= 0.3 is 0 Å². The van der Waals surface area contributed by atoms with Gasteiger partial charge in [0.15, 0.2) is 5.82 Å². The summed E-state index contributed by atoms with van der Waals surface area (Å²) in [6.45, 7) is 2.16. The van der Waals surface area contributed by atoms with Crippen LogP contribution in [0.4, 0.5) is 0 Å². The molecule has 0 fully saturated rings. The summed E-state index contributed by atoms with van der Waals surface area (Å²) in [5.74, 6) is 1.97. The number of aromatic nitrogens is 3. The summed E-state index contributed by atoms with van der Waals surface area (Å²) >= 11 is 3.39. The van der Waals surface area contributed by atoms with Crippen LogP contribution in [0.15, 0.2) is 28.7 Å². The molecule has 0 aliphatic rings. The van der Waals surface area contributed by atoms with Crippen molar-refractivity contribution in [2.45, 2.75) is 13.5 Å². The molecule has 1 heterocycles. The van der Waals surface area contributed by atoms with Crippen LogP contribution in [0, 0.1) is 6.92 Å². The molecule has 2 aromatic rings. The lowest BCUT2D eigenvalue weighted by Gasteiger charge is -2.03. The first-order valence-electron chi connectivity index (χ1n) is 4.86. The molecule has 0 atom stereocenters. The van der Waals surface area contributed by atoms with E-state index in [1.165, 1.54) is 0 Å². The fraction of sp³-hybridized carbons (Fsp3) is 0.182. The minimum atomic E-state index is 0.326. The fourth-order valence-corrected chi connectivity index (χ4v) is 1.62. The van der Waals surface area contributed by atoms with Gasteiger partial charge in [0.2, 0.25) is 0 Å². The van der Waals surface area contributed by atoms with E-state index in [0.717, 1.165) is 10.0 Å².